The second-order valence-electron chi connectivity index (χ2n) is 8.39. The SMILES string of the molecule is Cc1cc(C)nc(-n2nc(C)c(CC(=O)Nc3ccc(C)c(C(=O)NC(C)C)c3)c2C)n1. The van der Waals surface area contributed by atoms with E-state index in [9.17, 15) is 9.59 Å². The van der Waals surface area contributed by atoms with Crippen molar-refractivity contribution >= 4 is 17.5 Å². The molecule has 3 aromatic rings. The minimum absolute atomic E-state index is 0.0313. The molecule has 8 nitrogen and oxygen atoms in total. The smallest absolute Gasteiger partial charge is 0.251 e. The van der Waals surface area contributed by atoms with Gasteiger partial charge in [-0.3, -0.25) is 9.59 Å². The molecule has 0 fully saturated rings. The van der Waals surface area contributed by atoms with Gasteiger partial charge in [0, 0.05) is 39.9 Å². The summed E-state index contributed by atoms with van der Waals surface area (Å²) in [5.41, 5.74) is 6.09. The van der Waals surface area contributed by atoms with E-state index in [1.807, 2.05) is 60.6 Å². The lowest BCUT2D eigenvalue weighted by molar-refractivity contribution is -0.115. The first kappa shape index (κ1) is 23.1. The Morgan fingerprint density at radius 1 is 1.00 bits per heavy atom. The number of carbonyl (C=O) groups excluding carboxylic acids is 2. The van der Waals surface area contributed by atoms with Crippen molar-refractivity contribution in [3.8, 4) is 5.95 Å². The van der Waals surface area contributed by atoms with Crippen LogP contribution in [0.5, 0.6) is 0 Å². The summed E-state index contributed by atoms with van der Waals surface area (Å²) >= 11 is 0. The molecular weight excluding hydrogens is 404 g/mol. The van der Waals surface area contributed by atoms with Gasteiger partial charge >= 0.3 is 0 Å². The van der Waals surface area contributed by atoms with Crippen LogP contribution in [-0.2, 0) is 11.2 Å². The van der Waals surface area contributed by atoms with Gasteiger partial charge in [0.2, 0.25) is 5.91 Å². The molecular formula is C24H30N6O2. The van der Waals surface area contributed by atoms with Crippen LogP contribution < -0.4 is 10.6 Å². The number of anilines is 1. The molecule has 2 heterocycles. The zero-order valence-corrected chi connectivity index (χ0v) is 19.7. The largest absolute Gasteiger partial charge is 0.350 e. The molecule has 0 radical (unpaired) electrons. The topological polar surface area (TPSA) is 102 Å². The molecule has 2 N–H and O–H groups in total. The van der Waals surface area contributed by atoms with E-state index >= 15 is 0 Å². The summed E-state index contributed by atoms with van der Waals surface area (Å²) in [4.78, 5) is 34.2. The number of aryl methyl sites for hydroxylation is 4. The van der Waals surface area contributed by atoms with Crippen LogP contribution in [0.4, 0.5) is 5.69 Å². The van der Waals surface area contributed by atoms with E-state index in [4.69, 9.17) is 0 Å². The molecule has 0 saturated heterocycles. The third kappa shape index (κ3) is 5.19. The normalized spacial score (nSPS) is 11.0. The molecule has 0 aliphatic carbocycles. The van der Waals surface area contributed by atoms with Crippen molar-refractivity contribution in [2.45, 2.75) is 60.9 Å². The average Bonchev–Trinajstić information content (AvgIpc) is 2.96. The molecule has 0 aliphatic rings. The Morgan fingerprint density at radius 2 is 1.66 bits per heavy atom. The van der Waals surface area contributed by atoms with Crippen LogP contribution in [0.15, 0.2) is 24.3 Å². The molecule has 2 amide bonds. The van der Waals surface area contributed by atoms with Crippen LogP contribution in [0.3, 0.4) is 0 Å². The molecule has 0 bridgehead atoms. The van der Waals surface area contributed by atoms with Gasteiger partial charge < -0.3 is 10.6 Å². The highest BCUT2D eigenvalue weighted by molar-refractivity contribution is 5.98. The van der Waals surface area contributed by atoms with Crippen molar-refractivity contribution in [3.05, 3.63) is 63.7 Å². The molecule has 0 atom stereocenters. The van der Waals surface area contributed by atoms with Crippen molar-refractivity contribution in [1.29, 1.82) is 0 Å². The van der Waals surface area contributed by atoms with Gasteiger partial charge in [-0.1, -0.05) is 6.07 Å². The molecule has 1 aromatic carbocycles. The van der Waals surface area contributed by atoms with Gasteiger partial charge in [0.25, 0.3) is 11.9 Å². The van der Waals surface area contributed by atoms with Crippen molar-refractivity contribution < 1.29 is 9.59 Å². The molecule has 3 rings (SSSR count). The Balaban J connectivity index is 1.80. The van der Waals surface area contributed by atoms with E-state index < -0.39 is 0 Å². The van der Waals surface area contributed by atoms with Crippen LogP contribution in [0.1, 0.15) is 58.1 Å². The summed E-state index contributed by atoms with van der Waals surface area (Å²) in [7, 11) is 0. The fraction of sp³-hybridized carbons (Fsp3) is 0.375. The minimum atomic E-state index is -0.184. The van der Waals surface area contributed by atoms with Gasteiger partial charge in [-0.2, -0.15) is 5.10 Å². The van der Waals surface area contributed by atoms with Crippen LogP contribution in [0, 0.1) is 34.6 Å². The molecule has 0 spiro atoms. The van der Waals surface area contributed by atoms with Gasteiger partial charge in [0.15, 0.2) is 0 Å². The van der Waals surface area contributed by atoms with E-state index in [1.54, 1.807) is 16.8 Å². The Labute approximate surface area is 188 Å². The highest BCUT2D eigenvalue weighted by Gasteiger charge is 2.18. The number of hydrogen-bond acceptors (Lipinski definition) is 5. The molecule has 168 valence electrons. The molecule has 0 aliphatic heterocycles. The lowest BCUT2D eigenvalue weighted by atomic mass is 10.1. The minimum Gasteiger partial charge on any atom is -0.350 e. The number of nitrogens with zero attached hydrogens (tertiary/aromatic N) is 4. The lowest BCUT2D eigenvalue weighted by Gasteiger charge is -2.12. The summed E-state index contributed by atoms with van der Waals surface area (Å²) in [5.74, 6) is 0.153. The maximum atomic E-state index is 12.8. The average molecular weight is 435 g/mol. The van der Waals surface area contributed by atoms with E-state index in [2.05, 4.69) is 25.7 Å². The third-order valence-corrected chi connectivity index (χ3v) is 5.12. The zero-order valence-electron chi connectivity index (χ0n) is 19.7. The summed E-state index contributed by atoms with van der Waals surface area (Å²) in [6.07, 6.45) is 0.157. The van der Waals surface area contributed by atoms with E-state index in [1.165, 1.54) is 0 Å². The Hall–Kier alpha value is -3.55. The van der Waals surface area contributed by atoms with Crippen LogP contribution in [0.25, 0.3) is 5.95 Å². The first-order chi connectivity index (χ1) is 15.0. The molecule has 2 aromatic heterocycles. The number of amides is 2. The number of nitrogens with one attached hydrogen (secondary N) is 2. The summed E-state index contributed by atoms with van der Waals surface area (Å²) in [6.45, 7) is 13.3. The van der Waals surface area contributed by atoms with Crippen LogP contribution in [0.2, 0.25) is 0 Å². The first-order valence-electron chi connectivity index (χ1n) is 10.6. The van der Waals surface area contributed by atoms with Gasteiger partial charge in [0.1, 0.15) is 0 Å². The first-order valence-corrected chi connectivity index (χ1v) is 10.6. The van der Waals surface area contributed by atoms with Gasteiger partial charge in [-0.25, -0.2) is 14.6 Å². The highest BCUT2D eigenvalue weighted by atomic mass is 16.2. The fourth-order valence-electron chi connectivity index (χ4n) is 3.58. The van der Waals surface area contributed by atoms with E-state index in [0.29, 0.717) is 17.2 Å². The monoisotopic (exact) mass is 434 g/mol. The molecule has 8 heteroatoms. The zero-order chi connectivity index (χ0) is 23.6. The molecule has 32 heavy (non-hydrogen) atoms. The predicted molar refractivity (Wildman–Crippen MR) is 124 cm³/mol. The third-order valence-electron chi connectivity index (χ3n) is 5.12. The lowest BCUT2D eigenvalue weighted by Crippen LogP contribution is -2.30. The maximum absolute atomic E-state index is 12.8. The number of benzene rings is 1. The Kier molecular flexibility index (Phi) is 6.72. The van der Waals surface area contributed by atoms with Crippen LogP contribution >= 0.6 is 0 Å². The number of carbonyl (C=O) groups is 2. The van der Waals surface area contributed by atoms with Gasteiger partial charge in [0.05, 0.1) is 12.1 Å². The molecule has 0 saturated carbocycles. The Bertz CT molecular complexity index is 1160. The van der Waals surface area contributed by atoms with Crippen molar-refractivity contribution in [2.75, 3.05) is 5.32 Å². The number of hydrogen-bond donors (Lipinski definition) is 2. The fourth-order valence-corrected chi connectivity index (χ4v) is 3.58. The van der Waals surface area contributed by atoms with Crippen molar-refractivity contribution in [2.24, 2.45) is 0 Å². The molecule has 0 unspecified atom stereocenters. The predicted octanol–water partition coefficient (Wildman–Crippen LogP) is 3.52. The summed E-state index contributed by atoms with van der Waals surface area (Å²) in [6, 6.07) is 7.27. The van der Waals surface area contributed by atoms with E-state index in [-0.39, 0.29) is 24.3 Å². The number of aromatic nitrogens is 4. The number of rotatable bonds is 6. The van der Waals surface area contributed by atoms with Crippen LogP contribution in [-0.4, -0.2) is 37.6 Å². The van der Waals surface area contributed by atoms with Crippen molar-refractivity contribution in [3.63, 3.8) is 0 Å². The standard InChI is InChI=1S/C24H30N6O2/c1-13(2)25-23(32)20-11-19(9-8-14(20)3)28-22(31)12-21-17(6)29-30(18(21)7)24-26-15(4)10-16(5)27-24/h8-11,13H,12H2,1-7H3,(H,25,32)(H,28,31). The second-order valence-corrected chi connectivity index (χ2v) is 8.39. The summed E-state index contributed by atoms with van der Waals surface area (Å²) in [5, 5.41) is 10.3. The van der Waals surface area contributed by atoms with Gasteiger partial charge in [-0.05, 0) is 72.2 Å². The quantitative estimate of drug-likeness (QED) is 0.618. The second kappa shape index (κ2) is 9.30. The van der Waals surface area contributed by atoms with Gasteiger partial charge in [-0.15, -0.1) is 0 Å². The highest BCUT2D eigenvalue weighted by Crippen LogP contribution is 2.19. The maximum Gasteiger partial charge on any atom is 0.251 e. The summed E-state index contributed by atoms with van der Waals surface area (Å²) < 4.78 is 1.68. The Morgan fingerprint density at radius 3 is 2.28 bits per heavy atom. The van der Waals surface area contributed by atoms with Crippen molar-refractivity contribution in [1.82, 2.24) is 25.1 Å². The van der Waals surface area contributed by atoms with E-state index in [0.717, 1.165) is 33.9 Å².